The van der Waals surface area contributed by atoms with Crippen molar-refractivity contribution < 1.29 is 4.74 Å². The van der Waals surface area contributed by atoms with E-state index in [0.29, 0.717) is 12.0 Å². The van der Waals surface area contributed by atoms with Crippen LogP contribution in [0.5, 0.6) is 0 Å². The minimum absolute atomic E-state index is 0.129. The lowest BCUT2D eigenvalue weighted by atomic mass is 9.88. The van der Waals surface area contributed by atoms with Crippen molar-refractivity contribution in [2.75, 3.05) is 40.9 Å². The second-order valence-corrected chi connectivity index (χ2v) is 7.29. The number of likely N-dealkylation sites (N-methyl/N-ethyl adjacent to an activating group) is 1. The van der Waals surface area contributed by atoms with Gasteiger partial charge in [0.2, 0.25) is 0 Å². The van der Waals surface area contributed by atoms with Crippen LogP contribution >= 0.6 is 0 Å². The van der Waals surface area contributed by atoms with Gasteiger partial charge in [-0.2, -0.15) is 0 Å². The molecule has 25 heavy (non-hydrogen) atoms. The first-order chi connectivity index (χ1) is 12.0. The van der Waals surface area contributed by atoms with Gasteiger partial charge >= 0.3 is 0 Å². The van der Waals surface area contributed by atoms with Gasteiger partial charge in [-0.15, -0.1) is 0 Å². The summed E-state index contributed by atoms with van der Waals surface area (Å²) in [5.41, 5.74) is 1.47. The molecule has 0 radical (unpaired) electrons. The quantitative estimate of drug-likeness (QED) is 0.614. The Morgan fingerprint density at radius 1 is 1.20 bits per heavy atom. The molecule has 140 valence electrons. The molecule has 2 N–H and O–H groups in total. The van der Waals surface area contributed by atoms with Crippen LogP contribution in [0.3, 0.4) is 0 Å². The van der Waals surface area contributed by atoms with Crippen molar-refractivity contribution in [2.45, 2.75) is 44.2 Å². The molecule has 0 bridgehead atoms. The van der Waals surface area contributed by atoms with Gasteiger partial charge in [-0.1, -0.05) is 37.3 Å². The van der Waals surface area contributed by atoms with Crippen molar-refractivity contribution >= 4 is 5.96 Å². The summed E-state index contributed by atoms with van der Waals surface area (Å²) in [6, 6.07) is 10.9. The third-order valence-electron chi connectivity index (χ3n) is 5.62. The Hall–Kier alpha value is -1.59. The Labute approximate surface area is 152 Å². The van der Waals surface area contributed by atoms with Gasteiger partial charge in [0, 0.05) is 44.3 Å². The third-order valence-corrected chi connectivity index (χ3v) is 5.62. The van der Waals surface area contributed by atoms with Crippen LogP contribution in [0.25, 0.3) is 0 Å². The fourth-order valence-corrected chi connectivity index (χ4v) is 3.36. The maximum absolute atomic E-state index is 5.55. The number of ether oxygens (including phenoxy) is 1. The maximum atomic E-state index is 5.55. The predicted octanol–water partition coefficient (Wildman–Crippen LogP) is 2.45. The number of nitrogens with one attached hydrogen (secondary N) is 2. The first-order valence-electron chi connectivity index (χ1n) is 9.26. The monoisotopic (exact) mass is 346 g/mol. The molecule has 1 fully saturated rings. The summed E-state index contributed by atoms with van der Waals surface area (Å²) in [6.07, 6.45) is 2.08. The van der Waals surface area contributed by atoms with Crippen molar-refractivity contribution in [1.82, 2.24) is 15.5 Å². The molecule has 0 spiro atoms. The molecule has 5 heteroatoms. The Morgan fingerprint density at radius 2 is 1.84 bits per heavy atom. The van der Waals surface area contributed by atoms with E-state index in [9.17, 15) is 0 Å². The van der Waals surface area contributed by atoms with Crippen LogP contribution in [0.4, 0.5) is 0 Å². The normalized spacial score (nSPS) is 20.2. The number of hydrogen-bond acceptors (Lipinski definition) is 3. The van der Waals surface area contributed by atoms with Gasteiger partial charge in [-0.05, 0) is 39.4 Å². The first-order valence-corrected chi connectivity index (χ1v) is 9.26. The van der Waals surface area contributed by atoms with E-state index < -0.39 is 0 Å². The van der Waals surface area contributed by atoms with E-state index in [2.05, 4.69) is 78.8 Å². The summed E-state index contributed by atoms with van der Waals surface area (Å²) in [7, 11) is 6.15. The van der Waals surface area contributed by atoms with Crippen molar-refractivity contribution in [3.05, 3.63) is 35.9 Å². The predicted molar refractivity (Wildman–Crippen MR) is 105 cm³/mol. The molecule has 1 aliphatic rings. The van der Waals surface area contributed by atoms with E-state index in [1.807, 2.05) is 7.05 Å². The topological polar surface area (TPSA) is 48.9 Å². The largest absolute Gasteiger partial charge is 0.381 e. The van der Waals surface area contributed by atoms with Crippen LogP contribution in [0.1, 0.15) is 38.2 Å². The molecular weight excluding hydrogens is 312 g/mol. The van der Waals surface area contributed by atoms with Gasteiger partial charge in [0.1, 0.15) is 0 Å². The van der Waals surface area contributed by atoms with Crippen LogP contribution in [0, 0.1) is 0 Å². The van der Waals surface area contributed by atoms with E-state index >= 15 is 0 Å². The molecule has 1 aliphatic heterocycles. The molecule has 1 aromatic rings. The molecule has 0 aromatic heterocycles. The van der Waals surface area contributed by atoms with E-state index in [-0.39, 0.29) is 5.54 Å². The number of hydrogen-bond donors (Lipinski definition) is 2. The minimum atomic E-state index is 0.129. The van der Waals surface area contributed by atoms with E-state index in [4.69, 9.17) is 4.74 Å². The van der Waals surface area contributed by atoms with Crippen molar-refractivity contribution in [3.63, 3.8) is 0 Å². The highest BCUT2D eigenvalue weighted by Gasteiger charge is 2.35. The van der Waals surface area contributed by atoms with Gasteiger partial charge in [0.25, 0.3) is 0 Å². The smallest absolute Gasteiger partial charge is 0.191 e. The van der Waals surface area contributed by atoms with Gasteiger partial charge < -0.3 is 20.3 Å². The number of nitrogens with zero attached hydrogens (tertiary/aromatic N) is 2. The first kappa shape index (κ1) is 19.7. The standard InChI is InChI=1S/C20H34N4O/c1-16(18-9-7-6-8-10-18)17(2)23-19(21-3)22-15-20(24(4)5)11-13-25-14-12-20/h6-10,16-17H,11-15H2,1-5H3,(H2,21,22,23). The second kappa shape index (κ2) is 9.20. The third kappa shape index (κ3) is 5.19. The fraction of sp³-hybridized carbons (Fsp3) is 0.650. The Balaban J connectivity index is 1.93. The van der Waals surface area contributed by atoms with Gasteiger partial charge in [0.15, 0.2) is 5.96 Å². The Kier molecular flexibility index (Phi) is 7.26. The molecule has 1 heterocycles. The lowest BCUT2D eigenvalue weighted by Crippen LogP contribution is -2.57. The Morgan fingerprint density at radius 3 is 2.40 bits per heavy atom. The van der Waals surface area contributed by atoms with Gasteiger partial charge in [-0.3, -0.25) is 4.99 Å². The zero-order valence-corrected chi connectivity index (χ0v) is 16.4. The average molecular weight is 347 g/mol. The van der Waals surface area contributed by atoms with Gasteiger partial charge in [-0.25, -0.2) is 0 Å². The zero-order chi connectivity index (χ0) is 18.3. The fourth-order valence-electron chi connectivity index (χ4n) is 3.36. The lowest BCUT2D eigenvalue weighted by molar-refractivity contribution is -0.00503. The zero-order valence-electron chi connectivity index (χ0n) is 16.4. The van der Waals surface area contributed by atoms with E-state index in [1.54, 1.807) is 0 Å². The number of benzene rings is 1. The highest BCUT2D eigenvalue weighted by Crippen LogP contribution is 2.25. The molecular formula is C20H34N4O. The summed E-state index contributed by atoms with van der Waals surface area (Å²) in [6.45, 7) is 6.98. The summed E-state index contributed by atoms with van der Waals surface area (Å²) in [5.74, 6) is 1.27. The molecule has 0 aliphatic carbocycles. The Bertz CT molecular complexity index is 538. The minimum Gasteiger partial charge on any atom is -0.381 e. The van der Waals surface area contributed by atoms with Crippen molar-refractivity contribution in [3.8, 4) is 0 Å². The van der Waals surface area contributed by atoms with Crippen LogP contribution in [-0.2, 0) is 4.74 Å². The highest BCUT2D eigenvalue weighted by molar-refractivity contribution is 5.80. The average Bonchev–Trinajstić information content (AvgIpc) is 2.65. The summed E-state index contributed by atoms with van der Waals surface area (Å²) < 4.78 is 5.55. The van der Waals surface area contributed by atoms with Crippen LogP contribution < -0.4 is 10.6 Å². The van der Waals surface area contributed by atoms with Crippen molar-refractivity contribution in [1.29, 1.82) is 0 Å². The van der Waals surface area contributed by atoms with E-state index in [0.717, 1.165) is 38.6 Å². The second-order valence-electron chi connectivity index (χ2n) is 7.29. The van der Waals surface area contributed by atoms with E-state index in [1.165, 1.54) is 5.56 Å². The highest BCUT2D eigenvalue weighted by atomic mass is 16.5. The number of aliphatic imine (C=N–C) groups is 1. The van der Waals surface area contributed by atoms with Gasteiger partial charge in [0.05, 0.1) is 0 Å². The van der Waals surface area contributed by atoms with Crippen molar-refractivity contribution in [2.24, 2.45) is 4.99 Å². The lowest BCUT2D eigenvalue weighted by Gasteiger charge is -2.43. The molecule has 2 atom stereocenters. The summed E-state index contributed by atoms with van der Waals surface area (Å²) >= 11 is 0. The number of guanidine groups is 1. The molecule has 2 unspecified atom stereocenters. The summed E-state index contributed by atoms with van der Waals surface area (Å²) in [4.78, 5) is 6.75. The van der Waals surface area contributed by atoms with Crippen LogP contribution in [0.2, 0.25) is 0 Å². The molecule has 5 nitrogen and oxygen atoms in total. The molecule has 0 saturated carbocycles. The SMILES string of the molecule is CN=C(NCC1(N(C)C)CCOCC1)NC(C)C(C)c1ccccc1. The summed E-state index contributed by atoms with van der Waals surface area (Å²) in [5, 5.41) is 7.09. The molecule has 2 rings (SSSR count). The molecule has 1 aromatic carbocycles. The molecule has 0 amide bonds. The van der Waals surface area contributed by atoms with Crippen LogP contribution in [0.15, 0.2) is 35.3 Å². The molecule has 1 saturated heterocycles. The van der Waals surface area contributed by atoms with Crippen LogP contribution in [-0.4, -0.2) is 63.3 Å². The number of rotatable bonds is 6. The maximum Gasteiger partial charge on any atom is 0.191 e.